The zero-order valence-electron chi connectivity index (χ0n) is 12.8. The van der Waals surface area contributed by atoms with E-state index < -0.39 is 0 Å². The molecule has 0 radical (unpaired) electrons. The summed E-state index contributed by atoms with van der Waals surface area (Å²) < 4.78 is 0. The second-order valence-corrected chi connectivity index (χ2v) is 6.34. The Kier molecular flexibility index (Phi) is 2.50. The zero-order valence-corrected chi connectivity index (χ0v) is 12.8. The lowest BCUT2D eigenvalue weighted by molar-refractivity contribution is 0.749. The van der Waals surface area contributed by atoms with Crippen LogP contribution < -0.4 is 0 Å². The molecule has 0 amide bonds. The molecule has 3 aromatic rings. The van der Waals surface area contributed by atoms with Gasteiger partial charge < -0.3 is 0 Å². The van der Waals surface area contributed by atoms with Crippen LogP contribution in [-0.4, -0.2) is 0 Å². The van der Waals surface area contributed by atoms with Gasteiger partial charge in [-0.2, -0.15) is 10.5 Å². The molecule has 0 spiro atoms. The second-order valence-electron chi connectivity index (χ2n) is 6.34. The maximum absolute atomic E-state index is 9.62. The van der Waals surface area contributed by atoms with Crippen molar-refractivity contribution in [2.45, 2.75) is 11.8 Å². The summed E-state index contributed by atoms with van der Waals surface area (Å²) >= 11 is 0. The summed E-state index contributed by atoms with van der Waals surface area (Å²) in [7, 11) is 0. The van der Waals surface area contributed by atoms with Gasteiger partial charge in [0.1, 0.15) is 0 Å². The first-order chi connectivity index (χ1) is 11.8. The number of benzene rings is 3. The Labute approximate surface area is 140 Å². The van der Waals surface area contributed by atoms with Crippen LogP contribution in [0.15, 0.2) is 60.7 Å². The number of nitrogens with zero attached hydrogens (tertiary/aromatic N) is 2. The molecule has 3 aromatic carbocycles. The topological polar surface area (TPSA) is 47.6 Å². The van der Waals surface area contributed by atoms with Crippen molar-refractivity contribution in [2.24, 2.45) is 0 Å². The Balaban J connectivity index is 1.96. The predicted octanol–water partition coefficient (Wildman–Crippen LogP) is 4.42. The Morgan fingerprint density at radius 3 is 1.38 bits per heavy atom. The third kappa shape index (κ3) is 1.43. The molecule has 0 N–H and O–H groups in total. The van der Waals surface area contributed by atoms with Crippen LogP contribution >= 0.6 is 0 Å². The molecule has 3 aliphatic carbocycles. The van der Waals surface area contributed by atoms with Crippen LogP contribution in [0.1, 0.15) is 56.3 Å². The van der Waals surface area contributed by atoms with Crippen molar-refractivity contribution in [1.29, 1.82) is 10.5 Å². The fourth-order valence-electron chi connectivity index (χ4n) is 4.50. The van der Waals surface area contributed by atoms with Gasteiger partial charge in [-0.15, -0.1) is 0 Å². The van der Waals surface area contributed by atoms with Crippen molar-refractivity contribution in [1.82, 2.24) is 0 Å². The molecule has 2 nitrogen and oxygen atoms in total. The Morgan fingerprint density at radius 2 is 0.958 bits per heavy atom. The van der Waals surface area contributed by atoms with Crippen LogP contribution in [0.5, 0.6) is 0 Å². The van der Waals surface area contributed by atoms with Gasteiger partial charge in [-0.05, 0) is 45.5 Å². The quantitative estimate of drug-likeness (QED) is 0.425. The monoisotopic (exact) mass is 304 g/mol. The van der Waals surface area contributed by atoms with Crippen LogP contribution in [0, 0.1) is 22.7 Å². The lowest BCUT2D eigenvalue weighted by atomic mass is 9.59. The number of hydrogen-bond donors (Lipinski definition) is 0. The maximum atomic E-state index is 9.62. The van der Waals surface area contributed by atoms with E-state index in [1.54, 1.807) is 0 Å². The van der Waals surface area contributed by atoms with E-state index in [0.717, 1.165) is 22.3 Å². The van der Waals surface area contributed by atoms with Crippen molar-refractivity contribution in [3.63, 3.8) is 0 Å². The van der Waals surface area contributed by atoms with Crippen LogP contribution in [0.25, 0.3) is 0 Å². The van der Waals surface area contributed by atoms with E-state index in [2.05, 4.69) is 48.5 Å². The Hall–Kier alpha value is -3.36. The number of nitriles is 2. The number of rotatable bonds is 0. The molecule has 2 atom stereocenters. The van der Waals surface area contributed by atoms with E-state index in [1.807, 2.05) is 24.3 Å². The minimum Gasteiger partial charge on any atom is -0.192 e. The van der Waals surface area contributed by atoms with E-state index in [0.29, 0.717) is 0 Å². The largest absolute Gasteiger partial charge is 0.192 e. The van der Waals surface area contributed by atoms with E-state index in [1.165, 1.54) is 22.3 Å². The van der Waals surface area contributed by atoms with Crippen LogP contribution in [0.3, 0.4) is 0 Å². The van der Waals surface area contributed by atoms with Gasteiger partial charge in [0, 0.05) is 11.8 Å². The second kappa shape index (κ2) is 4.57. The Morgan fingerprint density at radius 1 is 0.542 bits per heavy atom. The van der Waals surface area contributed by atoms with Gasteiger partial charge in [0.25, 0.3) is 0 Å². The fourth-order valence-corrected chi connectivity index (χ4v) is 4.50. The maximum Gasteiger partial charge on any atom is 0.0994 e. The van der Waals surface area contributed by atoms with Gasteiger partial charge in [-0.1, -0.05) is 48.5 Å². The number of hydrogen-bond acceptors (Lipinski definition) is 2. The molecule has 2 heteroatoms. The molecule has 0 saturated carbocycles. The van der Waals surface area contributed by atoms with E-state index in [-0.39, 0.29) is 11.8 Å². The molecule has 24 heavy (non-hydrogen) atoms. The van der Waals surface area contributed by atoms with Crippen LogP contribution in [0.2, 0.25) is 0 Å². The highest BCUT2D eigenvalue weighted by atomic mass is 14.5. The summed E-state index contributed by atoms with van der Waals surface area (Å²) in [6.07, 6.45) is 0. The summed E-state index contributed by atoms with van der Waals surface area (Å²) in [5.41, 5.74) is 8.59. The highest BCUT2D eigenvalue weighted by Crippen LogP contribution is 2.56. The average molecular weight is 304 g/mol. The zero-order chi connectivity index (χ0) is 16.3. The van der Waals surface area contributed by atoms with Crippen molar-refractivity contribution >= 4 is 0 Å². The molecule has 0 fully saturated rings. The first kappa shape index (κ1) is 13.1. The molecular formula is C22H12N2. The Bertz CT molecular complexity index is 1010. The van der Waals surface area contributed by atoms with E-state index in [9.17, 15) is 10.5 Å². The van der Waals surface area contributed by atoms with Gasteiger partial charge in [0.05, 0.1) is 23.3 Å². The lowest BCUT2D eigenvalue weighted by Gasteiger charge is -2.42. The molecule has 110 valence electrons. The fraction of sp³-hybridized carbons (Fsp3) is 0.0909. The third-order valence-electron chi connectivity index (χ3n) is 5.34. The molecule has 0 aliphatic heterocycles. The molecule has 2 unspecified atom stereocenters. The minimum atomic E-state index is 0.0420. The van der Waals surface area contributed by atoms with Gasteiger partial charge in [-0.25, -0.2) is 0 Å². The van der Waals surface area contributed by atoms with Gasteiger partial charge >= 0.3 is 0 Å². The molecular weight excluding hydrogens is 292 g/mol. The first-order valence-corrected chi connectivity index (χ1v) is 7.99. The molecule has 0 saturated heterocycles. The minimum absolute atomic E-state index is 0.0420. The molecule has 0 heterocycles. The van der Waals surface area contributed by atoms with Crippen molar-refractivity contribution in [3.8, 4) is 12.1 Å². The summed E-state index contributed by atoms with van der Waals surface area (Å²) in [6.45, 7) is 0. The van der Waals surface area contributed by atoms with E-state index in [4.69, 9.17) is 0 Å². The van der Waals surface area contributed by atoms with Crippen molar-refractivity contribution in [3.05, 3.63) is 105 Å². The van der Waals surface area contributed by atoms with Crippen molar-refractivity contribution < 1.29 is 0 Å². The summed E-state index contributed by atoms with van der Waals surface area (Å²) in [4.78, 5) is 0. The lowest BCUT2D eigenvalue weighted by Crippen LogP contribution is -2.29. The highest BCUT2D eigenvalue weighted by Gasteiger charge is 2.43. The standard InChI is InChI=1S/C22H12N2/c23-11-13-5-4-10-18-19(13)21-15-7-1-2-8-16(15)22(18)20-14(12-24)6-3-9-17(20)21/h1-10,21-22H. The predicted molar refractivity (Wildman–Crippen MR) is 90.6 cm³/mol. The van der Waals surface area contributed by atoms with Crippen LogP contribution in [-0.2, 0) is 0 Å². The summed E-state index contributed by atoms with van der Waals surface area (Å²) in [6, 6.07) is 25.1. The molecule has 3 aliphatic rings. The van der Waals surface area contributed by atoms with Gasteiger partial charge in [0.15, 0.2) is 0 Å². The van der Waals surface area contributed by atoms with Gasteiger partial charge in [0.2, 0.25) is 0 Å². The summed E-state index contributed by atoms with van der Waals surface area (Å²) in [5.74, 6) is 0.0840. The van der Waals surface area contributed by atoms with Gasteiger partial charge in [-0.3, -0.25) is 0 Å². The third-order valence-corrected chi connectivity index (χ3v) is 5.34. The molecule has 0 aromatic heterocycles. The van der Waals surface area contributed by atoms with E-state index >= 15 is 0 Å². The highest BCUT2D eigenvalue weighted by molar-refractivity contribution is 5.72. The summed E-state index contributed by atoms with van der Waals surface area (Å²) in [5, 5.41) is 19.2. The average Bonchev–Trinajstić information content (AvgIpc) is 2.66. The SMILES string of the molecule is N#Cc1cccc2c1C1c3ccccc3C2c2c(C#N)cccc21. The molecule has 2 bridgehead atoms. The van der Waals surface area contributed by atoms with Crippen LogP contribution in [0.4, 0.5) is 0 Å². The molecule has 6 rings (SSSR count). The smallest absolute Gasteiger partial charge is 0.0994 e. The van der Waals surface area contributed by atoms with Crippen molar-refractivity contribution in [2.75, 3.05) is 0 Å². The normalized spacial score (nSPS) is 18.8. The first-order valence-electron chi connectivity index (χ1n) is 7.99.